The van der Waals surface area contributed by atoms with Crippen LogP contribution >= 0.6 is 0 Å². The van der Waals surface area contributed by atoms with Crippen molar-refractivity contribution in [2.75, 3.05) is 26.2 Å². The van der Waals surface area contributed by atoms with E-state index in [0.717, 1.165) is 19.5 Å². The predicted octanol–water partition coefficient (Wildman–Crippen LogP) is 1.01. The molecule has 1 aromatic rings. The first-order chi connectivity index (χ1) is 9.11. The molecule has 1 amide bonds. The second-order valence-corrected chi connectivity index (χ2v) is 5.02. The summed E-state index contributed by atoms with van der Waals surface area (Å²) in [6.07, 6.45) is 0.940. The van der Waals surface area contributed by atoms with Gasteiger partial charge in [-0.3, -0.25) is 9.69 Å². The highest BCUT2D eigenvalue weighted by Gasteiger charge is 2.10. The van der Waals surface area contributed by atoms with Crippen molar-refractivity contribution in [3.05, 3.63) is 35.9 Å². The van der Waals surface area contributed by atoms with Gasteiger partial charge in [0.1, 0.15) is 0 Å². The van der Waals surface area contributed by atoms with Crippen LogP contribution in [0.1, 0.15) is 19.4 Å². The molecule has 1 aromatic carbocycles. The van der Waals surface area contributed by atoms with Crippen molar-refractivity contribution in [2.45, 2.75) is 26.3 Å². The summed E-state index contributed by atoms with van der Waals surface area (Å²) < 4.78 is 0. The maximum absolute atomic E-state index is 11.8. The maximum Gasteiger partial charge on any atom is 0.234 e. The summed E-state index contributed by atoms with van der Waals surface area (Å²) in [5.41, 5.74) is 6.89. The molecule has 4 nitrogen and oxygen atoms in total. The molecule has 3 N–H and O–H groups in total. The fourth-order valence-electron chi connectivity index (χ4n) is 1.96. The molecule has 0 aliphatic carbocycles. The smallest absolute Gasteiger partial charge is 0.234 e. The standard InChI is InChI=1S/C15H25N3O/c1-13(2)17-15(19)12-18(11-9-16)10-8-14-6-4-3-5-7-14/h3-7,13H,8-12,16H2,1-2H3,(H,17,19). The van der Waals surface area contributed by atoms with Gasteiger partial charge in [-0.05, 0) is 25.8 Å². The molecule has 0 spiro atoms. The van der Waals surface area contributed by atoms with Gasteiger partial charge in [0.15, 0.2) is 0 Å². The monoisotopic (exact) mass is 263 g/mol. The number of nitrogens with two attached hydrogens (primary N) is 1. The molecule has 0 atom stereocenters. The zero-order chi connectivity index (χ0) is 14.1. The Kier molecular flexibility index (Phi) is 7.15. The van der Waals surface area contributed by atoms with Crippen LogP contribution in [-0.4, -0.2) is 43.0 Å². The summed E-state index contributed by atoms with van der Waals surface area (Å²) in [7, 11) is 0. The van der Waals surface area contributed by atoms with Crippen molar-refractivity contribution in [1.29, 1.82) is 0 Å². The number of rotatable bonds is 8. The van der Waals surface area contributed by atoms with Gasteiger partial charge in [-0.1, -0.05) is 30.3 Å². The second-order valence-electron chi connectivity index (χ2n) is 5.02. The Balaban J connectivity index is 2.42. The minimum Gasteiger partial charge on any atom is -0.353 e. The first-order valence-electron chi connectivity index (χ1n) is 6.87. The molecular formula is C15H25N3O. The molecule has 0 unspecified atom stereocenters. The number of carbonyl (C=O) groups excluding carboxylic acids is 1. The van der Waals surface area contributed by atoms with Crippen LogP contribution < -0.4 is 11.1 Å². The quantitative estimate of drug-likeness (QED) is 0.736. The van der Waals surface area contributed by atoms with E-state index < -0.39 is 0 Å². The van der Waals surface area contributed by atoms with Crippen molar-refractivity contribution < 1.29 is 4.79 Å². The van der Waals surface area contributed by atoms with E-state index in [2.05, 4.69) is 22.3 Å². The van der Waals surface area contributed by atoms with Crippen LogP contribution in [0.2, 0.25) is 0 Å². The Hall–Kier alpha value is -1.39. The van der Waals surface area contributed by atoms with Crippen LogP contribution in [0, 0.1) is 0 Å². The molecule has 0 saturated heterocycles. The number of carbonyl (C=O) groups is 1. The second kappa shape index (κ2) is 8.67. The molecule has 0 fully saturated rings. The Labute approximate surface area is 116 Å². The van der Waals surface area contributed by atoms with Crippen LogP contribution in [0.5, 0.6) is 0 Å². The largest absolute Gasteiger partial charge is 0.353 e. The van der Waals surface area contributed by atoms with Gasteiger partial charge in [0.25, 0.3) is 0 Å². The molecule has 106 valence electrons. The van der Waals surface area contributed by atoms with E-state index in [1.165, 1.54) is 5.56 Å². The van der Waals surface area contributed by atoms with Crippen LogP contribution in [0.4, 0.5) is 0 Å². The number of amides is 1. The third-order valence-corrected chi connectivity index (χ3v) is 2.82. The summed E-state index contributed by atoms with van der Waals surface area (Å²) in [5, 5.41) is 2.91. The molecule has 0 radical (unpaired) electrons. The van der Waals surface area contributed by atoms with E-state index >= 15 is 0 Å². The Morgan fingerprint density at radius 2 is 1.95 bits per heavy atom. The van der Waals surface area contributed by atoms with Crippen molar-refractivity contribution in [3.63, 3.8) is 0 Å². The van der Waals surface area contributed by atoms with E-state index in [9.17, 15) is 4.79 Å². The molecule has 0 bridgehead atoms. The normalized spacial score (nSPS) is 11.0. The van der Waals surface area contributed by atoms with Crippen molar-refractivity contribution in [2.24, 2.45) is 5.73 Å². The zero-order valence-electron chi connectivity index (χ0n) is 11.9. The topological polar surface area (TPSA) is 58.4 Å². The summed E-state index contributed by atoms with van der Waals surface area (Å²) >= 11 is 0. The highest BCUT2D eigenvalue weighted by Crippen LogP contribution is 2.01. The molecule has 19 heavy (non-hydrogen) atoms. The third-order valence-electron chi connectivity index (χ3n) is 2.82. The van der Waals surface area contributed by atoms with Crippen molar-refractivity contribution >= 4 is 5.91 Å². The van der Waals surface area contributed by atoms with Crippen molar-refractivity contribution in [1.82, 2.24) is 10.2 Å². The highest BCUT2D eigenvalue weighted by atomic mass is 16.2. The number of hydrogen-bond acceptors (Lipinski definition) is 3. The third kappa shape index (κ3) is 6.94. The number of benzene rings is 1. The van der Waals surface area contributed by atoms with Crippen LogP contribution in [0.25, 0.3) is 0 Å². The lowest BCUT2D eigenvalue weighted by Gasteiger charge is -2.21. The van der Waals surface area contributed by atoms with Crippen molar-refractivity contribution in [3.8, 4) is 0 Å². The van der Waals surface area contributed by atoms with Gasteiger partial charge in [0.05, 0.1) is 6.54 Å². The number of hydrogen-bond donors (Lipinski definition) is 2. The average Bonchev–Trinajstić information content (AvgIpc) is 2.36. The lowest BCUT2D eigenvalue weighted by atomic mass is 10.1. The minimum absolute atomic E-state index is 0.0662. The van der Waals surface area contributed by atoms with E-state index in [1.807, 2.05) is 32.0 Å². The number of nitrogens with zero attached hydrogens (tertiary/aromatic N) is 1. The summed E-state index contributed by atoms with van der Waals surface area (Å²) in [5.74, 6) is 0.0662. The fourth-order valence-corrected chi connectivity index (χ4v) is 1.96. The Morgan fingerprint density at radius 3 is 2.53 bits per heavy atom. The van der Waals surface area contributed by atoms with Gasteiger partial charge in [-0.25, -0.2) is 0 Å². The van der Waals surface area contributed by atoms with E-state index in [0.29, 0.717) is 13.1 Å². The molecule has 1 rings (SSSR count). The van der Waals surface area contributed by atoms with Gasteiger partial charge in [-0.15, -0.1) is 0 Å². The highest BCUT2D eigenvalue weighted by molar-refractivity contribution is 5.78. The van der Waals surface area contributed by atoms with Crippen LogP contribution in [0.15, 0.2) is 30.3 Å². The molecule has 0 aliphatic heterocycles. The van der Waals surface area contributed by atoms with E-state index in [4.69, 9.17) is 5.73 Å². The summed E-state index contributed by atoms with van der Waals surface area (Å²) in [6, 6.07) is 10.5. The van der Waals surface area contributed by atoms with Gasteiger partial charge in [-0.2, -0.15) is 0 Å². The SMILES string of the molecule is CC(C)NC(=O)CN(CCN)CCc1ccccc1. The predicted molar refractivity (Wildman–Crippen MR) is 78.9 cm³/mol. The van der Waals surface area contributed by atoms with E-state index in [-0.39, 0.29) is 11.9 Å². The lowest BCUT2D eigenvalue weighted by molar-refractivity contribution is -0.122. The van der Waals surface area contributed by atoms with Gasteiger partial charge in [0, 0.05) is 25.7 Å². The lowest BCUT2D eigenvalue weighted by Crippen LogP contribution is -2.42. The molecule has 0 heterocycles. The minimum atomic E-state index is 0.0662. The van der Waals surface area contributed by atoms with E-state index in [1.54, 1.807) is 0 Å². The first-order valence-corrected chi connectivity index (χ1v) is 6.87. The first kappa shape index (κ1) is 15.7. The molecule has 4 heteroatoms. The summed E-state index contributed by atoms with van der Waals surface area (Å²) in [4.78, 5) is 13.9. The molecule has 0 aliphatic rings. The molecular weight excluding hydrogens is 238 g/mol. The van der Waals surface area contributed by atoms with Crippen LogP contribution in [0.3, 0.4) is 0 Å². The Morgan fingerprint density at radius 1 is 1.26 bits per heavy atom. The van der Waals surface area contributed by atoms with Gasteiger partial charge >= 0.3 is 0 Å². The molecule has 0 aromatic heterocycles. The summed E-state index contributed by atoms with van der Waals surface area (Å²) in [6.45, 7) is 6.53. The number of nitrogens with one attached hydrogen (secondary N) is 1. The maximum atomic E-state index is 11.8. The fraction of sp³-hybridized carbons (Fsp3) is 0.533. The molecule has 0 saturated carbocycles. The van der Waals surface area contributed by atoms with Gasteiger partial charge < -0.3 is 11.1 Å². The van der Waals surface area contributed by atoms with Crippen LogP contribution in [-0.2, 0) is 11.2 Å². The van der Waals surface area contributed by atoms with Gasteiger partial charge in [0.2, 0.25) is 5.91 Å². The average molecular weight is 263 g/mol. The zero-order valence-corrected chi connectivity index (χ0v) is 11.9. The Bertz CT molecular complexity index is 365.